The summed E-state index contributed by atoms with van der Waals surface area (Å²) in [5, 5.41) is 0.627. The molecule has 1 heterocycles. The van der Waals surface area contributed by atoms with Crippen molar-refractivity contribution in [3.63, 3.8) is 0 Å². The molecule has 0 unspecified atom stereocenters. The zero-order valence-electron chi connectivity index (χ0n) is 8.58. The first-order valence-electron chi connectivity index (χ1n) is 5.28. The number of nitrogens with two attached hydrogens (primary N) is 1. The molecule has 1 saturated carbocycles. The molecular weight excluding hydrogens is 212 g/mol. The van der Waals surface area contributed by atoms with Crippen LogP contribution in [-0.2, 0) is 11.3 Å². The molecule has 3 nitrogen and oxygen atoms in total. The Bertz CT molecular complexity index is 337. The molecule has 0 saturated heterocycles. The van der Waals surface area contributed by atoms with E-state index in [9.17, 15) is 0 Å². The van der Waals surface area contributed by atoms with Gasteiger partial charge in [0, 0.05) is 0 Å². The van der Waals surface area contributed by atoms with E-state index in [4.69, 9.17) is 22.1 Å². The lowest BCUT2D eigenvalue weighted by Gasteiger charge is -2.11. The molecule has 1 fully saturated rings. The average Bonchev–Trinajstić information content (AvgIpc) is 2.72. The van der Waals surface area contributed by atoms with E-state index in [1.807, 2.05) is 0 Å². The van der Waals surface area contributed by atoms with Crippen molar-refractivity contribution in [2.45, 2.75) is 38.4 Å². The van der Waals surface area contributed by atoms with Crippen molar-refractivity contribution in [2.75, 3.05) is 5.73 Å². The van der Waals surface area contributed by atoms with Crippen LogP contribution in [0.3, 0.4) is 0 Å². The molecule has 2 N–H and O–H groups in total. The van der Waals surface area contributed by atoms with E-state index in [0.717, 1.165) is 18.5 Å². The number of nitrogen functional groups attached to an aromatic ring is 1. The van der Waals surface area contributed by atoms with Crippen LogP contribution >= 0.6 is 11.6 Å². The molecular formula is C11H15ClN2O. The van der Waals surface area contributed by atoms with Crippen molar-refractivity contribution in [3.8, 4) is 0 Å². The van der Waals surface area contributed by atoms with Crippen LogP contribution in [-0.4, -0.2) is 11.1 Å². The molecule has 1 aromatic rings. The van der Waals surface area contributed by atoms with Crippen molar-refractivity contribution in [2.24, 2.45) is 0 Å². The highest BCUT2D eigenvalue weighted by molar-refractivity contribution is 6.31. The van der Waals surface area contributed by atoms with E-state index >= 15 is 0 Å². The molecule has 1 aliphatic rings. The molecule has 2 rings (SSSR count). The maximum atomic E-state index is 5.98. The third-order valence-corrected chi connectivity index (χ3v) is 3.04. The molecule has 4 heteroatoms. The minimum atomic E-state index is 0.379. The van der Waals surface area contributed by atoms with Crippen LogP contribution in [0.25, 0.3) is 0 Å². The Morgan fingerprint density at radius 1 is 1.40 bits per heavy atom. The van der Waals surface area contributed by atoms with E-state index in [-0.39, 0.29) is 0 Å². The minimum Gasteiger partial charge on any atom is -0.384 e. The monoisotopic (exact) mass is 226 g/mol. The van der Waals surface area contributed by atoms with Crippen LogP contribution in [0.4, 0.5) is 5.82 Å². The first-order valence-corrected chi connectivity index (χ1v) is 5.66. The number of ether oxygens (including phenoxy) is 1. The van der Waals surface area contributed by atoms with Gasteiger partial charge in [-0.2, -0.15) is 0 Å². The Hall–Kier alpha value is -0.800. The van der Waals surface area contributed by atoms with Gasteiger partial charge in [-0.05, 0) is 25.0 Å². The Labute approximate surface area is 94.6 Å². The maximum Gasteiger partial charge on any atom is 0.123 e. The van der Waals surface area contributed by atoms with Crippen LogP contribution in [0.2, 0.25) is 5.02 Å². The van der Waals surface area contributed by atoms with Crippen LogP contribution in [0.15, 0.2) is 12.1 Å². The normalized spacial score (nSPS) is 17.1. The summed E-state index contributed by atoms with van der Waals surface area (Å²) in [7, 11) is 0. The number of hydrogen-bond donors (Lipinski definition) is 1. The van der Waals surface area contributed by atoms with E-state index in [2.05, 4.69) is 4.98 Å². The highest BCUT2D eigenvalue weighted by Crippen LogP contribution is 2.23. The molecule has 0 atom stereocenters. The second-order valence-electron chi connectivity index (χ2n) is 3.88. The number of anilines is 1. The predicted octanol–water partition coefficient (Wildman–Crippen LogP) is 2.78. The van der Waals surface area contributed by atoms with Crippen LogP contribution in [0, 0.1) is 0 Å². The summed E-state index contributed by atoms with van der Waals surface area (Å²) in [6, 6.07) is 3.46. The second kappa shape index (κ2) is 4.81. The van der Waals surface area contributed by atoms with Gasteiger partial charge in [-0.3, -0.25) is 0 Å². The first kappa shape index (κ1) is 10.7. The molecule has 0 spiro atoms. The quantitative estimate of drug-likeness (QED) is 0.862. The van der Waals surface area contributed by atoms with Gasteiger partial charge in [0.1, 0.15) is 5.82 Å². The molecule has 82 valence electrons. The van der Waals surface area contributed by atoms with Gasteiger partial charge < -0.3 is 10.5 Å². The fraction of sp³-hybridized carbons (Fsp3) is 0.545. The highest BCUT2D eigenvalue weighted by atomic mass is 35.5. The number of rotatable bonds is 3. The lowest BCUT2D eigenvalue weighted by molar-refractivity contribution is 0.0439. The first-order chi connectivity index (χ1) is 7.25. The topological polar surface area (TPSA) is 48.1 Å². The van der Waals surface area contributed by atoms with Crippen LogP contribution in [0.5, 0.6) is 0 Å². The number of nitrogens with zero attached hydrogens (tertiary/aromatic N) is 1. The van der Waals surface area contributed by atoms with Crippen molar-refractivity contribution in [1.82, 2.24) is 4.98 Å². The van der Waals surface area contributed by atoms with Gasteiger partial charge in [0.2, 0.25) is 0 Å². The summed E-state index contributed by atoms with van der Waals surface area (Å²) in [6.45, 7) is 0.467. The van der Waals surface area contributed by atoms with Gasteiger partial charge in [0.05, 0.1) is 23.4 Å². The fourth-order valence-corrected chi connectivity index (χ4v) is 2.01. The van der Waals surface area contributed by atoms with E-state index < -0.39 is 0 Å². The van der Waals surface area contributed by atoms with Gasteiger partial charge in [0.15, 0.2) is 0 Å². The third kappa shape index (κ3) is 2.83. The standard InChI is InChI=1S/C11H15ClN2O/c12-9-5-6-11(13)14-10(9)7-15-8-3-1-2-4-8/h5-6,8H,1-4,7H2,(H2,13,14). The highest BCUT2D eigenvalue weighted by Gasteiger charge is 2.16. The van der Waals surface area contributed by atoms with E-state index in [0.29, 0.717) is 23.6 Å². The summed E-state index contributed by atoms with van der Waals surface area (Å²) < 4.78 is 5.72. The Morgan fingerprint density at radius 3 is 2.87 bits per heavy atom. The summed E-state index contributed by atoms with van der Waals surface area (Å²) in [4.78, 5) is 4.15. The lowest BCUT2D eigenvalue weighted by Crippen LogP contribution is -2.09. The number of hydrogen-bond acceptors (Lipinski definition) is 3. The summed E-state index contributed by atoms with van der Waals surface area (Å²) in [5.41, 5.74) is 6.33. The zero-order valence-corrected chi connectivity index (χ0v) is 9.33. The Morgan fingerprint density at radius 2 is 2.13 bits per heavy atom. The third-order valence-electron chi connectivity index (χ3n) is 2.70. The molecule has 0 bridgehead atoms. The van der Waals surface area contributed by atoms with Crippen molar-refractivity contribution < 1.29 is 4.74 Å². The van der Waals surface area contributed by atoms with Gasteiger partial charge in [-0.15, -0.1) is 0 Å². The molecule has 1 aromatic heterocycles. The largest absolute Gasteiger partial charge is 0.384 e. The number of halogens is 1. The van der Waals surface area contributed by atoms with E-state index in [1.54, 1.807) is 12.1 Å². The number of aromatic nitrogens is 1. The molecule has 15 heavy (non-hydrogen) atoms. The summed E-state index contributed by atoms with van der Waals surface area (Å²) in [6.07, 6.45) is 5.22. The fourth-order valence-electron chi connectivity index (χ4n) is 1.85. The summed E-state index contributed by atoms with van der Waals surface area (Å²) >= 11 is 5.98. The van der Waals surface area contributed by atoms with Crippen molar-refractivity contribution in [1.29, 1.82) is 0 Å². The molecule has 0 amide bonds. The van der Waals surface area contributed by atoms with E-state index in [1.165, 1.54) is 12.8 Å². The van der Waals surface area contributed by atoms with Gasteiger partial charge in [-0.1, -0.05) is 24.4 Å². The van der Waals surface area contributed by atoms with Crippen LogP contribution < -0.4 is 5.73 Å². The Kier molecular flexibility index (Phi) is 3.44. The summed E-state index contributed by atoms with van der Waals surface area (Å²) in [5.74, 6) is 0.490. The Balaban J connectivity index is 1.94. The van der Waals surface area contributed by atoms with Crippen molar-refractivity contribution >= 4 is 17.4 Å². The molecule has 1 aliphatic carbocycles. The second-order valence-corrected chi connectivity index (χ2v) is 4.29. The van der Waals surface area contributed by atoms with Gasteiger partial charge in [-0.25, -0.2) is 4.98 Å². The van der Waals surface area contributed by atoms with Gasteiger partial charge >= 0.3 is 0 Å². The number of pyridine rings is 1. The lowest BCUT2D eigenvalue weighted by atomic mass is 10.3. The zero-order chi connectivity index (χ0) is 10.7. The SMILES string of the molecule is Nc1ccc(Cl)c(COC2CCCC2)n1. The molecule has 0 radical (unpaired) electrons. The van der Waals surface area contributed by atoms with Crippen molar-refractivity contribution in [3.05, 3.63) is 22.8 Å². The minimum absolute atomic E-state index is 0.379. The van der Waals surface area contributed by atoms with Gasteiger partial charge in [0.25, 0.3) is 0 Å². The molecule has 0 aliphatic heterocycles. The van der Waals surface area contributed by atoms with Crippen LogP contribution in [0.1, 0.15) is 31.4 Å². The predicted molar refractivity (Wildman–Crippen MR) is 60.7 cm³/mol. The average molecular weight is 227 g/mol. The molecule has 0 aromatic carbocycles. The smallest absolute Gasteiger partial charge is 0.123 e. The maximum absolute atomic E-state index is 5.98.